The summed E-state index contributed by atoms with van der Waals surface area (Å²) in [4.78, 5) is 13.7. The number of β-lactam (4-membered cyclic amide) rings is 1. The van der Waals surface area contributed by atoms with Crippen LogP contribution in [0.4, 0.5) is 5.69 Å². The van der Waals surface area contributed by atoms with Crippen LogP contribution >= 0.6 is 15.9 Å². The SMILES string of the molecule is Cc1ccc([C@@H]2[C@@H](N)C(=O)N2c2ccc(Br)cc2)o1. The van der Waals surface area contributed by atoms with Gasteiger partial charge in [-0.3, -0.25) is 9.69 Å². The maximum atomic E-state index is 12.0. The zero-order valence-corrected chi connectivity index (χ0v) is 11.9. The molecule has 1 aromatic heterocycles. The van der Waals surface area contributed by atoms with Gasteiger partial charge in [-0.1, -0.05) is 15.9 Å². The van der Waals surface area contributed by atoms with Crippen LogP contribution < -0.4 is 10.6 Å². The summed E-state index contributed by atoms with van der Waals surface area (Å²) in [6, 6.07) is 10.6. The van der Waals surface area contributed by atoms with Crippen LogP contribution in [0.5, 0.6) is 0 Å². The van der Waals surface area contributed by atoms with Crippen LogP contribution in [0.25, 0.3) is 0 Å². The lowest BCUT2D eigenvalue weighted by Crippen LogP contribution is -2.63. The zero-order chi connectivity index (χ0) is 13.6. The van der Waals surface area contributed by atoms with E-state index in [2.05, 4.69) is 15.9 Å². The molecule has 0 saturated carbocycles. The Labute approximate surface area is 119 Å². The number of carbonyl (C=O) groups excluding carboxylic acids is 1. The van der Waals surface area contributed by atoms with E-state index < -0.39 is 6.04 Å². The number of nitrogens with zero attached hydrogens (tertiary/aromatic N) is 1. The number of rotatable bonds is 2. The van der Waals surface area contributed by atoms with Crippen molar-refractivity contribution >= 4 is 27.5 Å². The number of halogens is 1. The van der Waals surface area contributed by atoms with E-state index in [0.29, 0.717) is 0 Å². The van der Waals surface area contributed by atoms with Gasteiger partial charge in [-0.25, -0.2) is 0 Å². The predicted molar refractivity (Wildman–Crippen MR) is 75.8 cm³/mol. The van der Waals surface area contributed by atoms with Crippen molar-refractivity contribution in [3.05, 3.63) is 52.4 Å². The molecule has 5 heteroatoms. The molecule has 98 valence electrons. The highest BCUT2D eigenvalue weighted by molar-refractivity contribution is 9.10. The minimum atomic E-state index is -0.533. The zero-order valence-electron chi connectivity index (χ0n) is 10.3. The summed E-state index contributed by atoms with van der Waals surface area (Å²) in [6.45, 7) is 1.87. The van der Waals surface area contributed by atoms with Crippen molar-refractivity contribution in [1.29, 1.82) is 0 Å². The third-order valence-electron chi connectivity index (χ3n) is 3.30. The molecule has 1 aliphatic rings. The lowest BCUT2D eigenvalue weighted by Gasteiger charge is -2.44. The minimum Gasteiger partial charge on any atom is -0.464 e. The molecule has 0 spiro atoms. The first kappa shape index (κ1) is 12.4. The van der Waals surface area contributed by atoms with Crippen LogP contribution in [0, 0.1) is 6.92 Å². The molecule has 0 aliphatic carbocycles. The van der Waals surface area contributed by atoms with Crippen LogP contribution in [0.15, 0.2) is 45.3 Å². The van der Waals surface area contributed by atoms with E-state index in [4.69, 9.17) is 10.2 Å². The van der Waals surface area contributed by atoms with Crippen LogP contribution in [0.1, 0.15) is 17.6 Å². The van der Waals surface area contributed by atoms with Crippen molar-refractivity contribution in [3.8, 4) is 0 Å². The maximum Gasteiger partial charge on any atom is 0.247 e. The van der Waals surface area contributed by atoms with E-state index in [0.717, 1.165) is 21.7 Å². The molecule has 0 unspecified atom stereocenters. The van der Waals surface area contributed by atoms with E-state index in [9.17, 15) is 4.79 Å². The Kier molecular flexibility index (Phi) is 2.95. The molecule has 2 N–H and O–H groups in total. The van der Waals surface area contributed by atoms with Crippen LogP contribution in [-0.4, -0.2) is 11.9 Å². The van der Waals surface area contributed by atoms with Crippen molar-refractivity contribution in [2.75, 3.05) is 4.90 Å². The Hall–Kier alpha value is -1.59. The van der Waals surface area contributed by atoms with Crippen molar-refractivity contribution < 1.29 is 9.21 Å². The van der Waals surface area contributed by atoms with Gasteiger partial charge in [0, 0.05) is 10.2 Å². The molecular formula is C14H13BrN2O2. The molecule has 1 saturated heterocycles. The largest absolute Gasteiger partial charge is 0.464 e. The number of hydrogen-bond acceptors (Lipinski definition) is 3. The highest BCUT2D eigenvalue weighted by Gasteiger charge is 2.48. The molecule has 3 rings (SSSR count). The van der Waals surface area contributed by atoms with Gasteiger partial charge in [0.25, 0.3) is 0 Å². The molecule has 2 atom stereocenters. The third kappa shape index (κ3) is 1.99. The van der Waals surface area contributed by atoms with Gasteiger partial charge in [0.05, 0.1) is 0 Å². The maximum absolute atomic E-state index is 12.0. The number of carbonyl (C=O) groups is 1. The molecule has 1 amide bonds. The molecule has 1 aromatic carbocycles. The Morgan fingerprint density at radius 1 is 1.21 bits per heavy atom. The van der Waals surface area contributed by atoms with E-state index >= 15 is 0 Å². The van der Waals surface area contributed by atoms with Gasteiger partial charge in [-0.15, -0.1) is 0 Å². The van der Waals surface area contributed by atoms with Crippen molar-refractivity contribution in [1.82, 2.24) is 0 Å². The predicted octanol–water partition coefficient (Wildman–Crippen LogP) is 2.77. The average molecular weight is 321 g/mol. The number of hydrogen-bond donors (Lipinski definition) is 1. The summed E-state index contributed by atoms with van der Waals surface area (Å²) in [6.07, 6.45) is 0. The monoisotopic (exact) mass is 320 g/mol. The summed E-state index contributed by atoms with van der Waals surface area (Å²) in [7, 11) is 0. The van der Waals surface area contributed by atoms with Gasteiger partial charge in [0.15, 0.2) is 0 Å². The van der Waals surface area contributed by atoms with E-state index in [1.807, 2.05) is 43.3 Å². The lowest BCUT2D eigenvalue weighted by atomic mass is 9.92. The van der Waals surface area contributed by atoms with Gasteiger partial charge in [0.2, 0.25) is 5.91 Å². The van der Waals surface area contributed by atoms with Crippen molar-refractivity contribution in [3.63, 3.8) is 0 Å². The van der Waals surface area contributed by atoms with Crippen molar-refractivity contribution in [2.24, 2.45) is 5.73 Å². The van der Waals surface area contributed by atoms with Gasteiger partial charge >= 0.3 is 0 Å². The fourth-order valence-corrected chi connectivity index (χ4v) is 2.58. The fraction of sp³-hybridized carbons (Fsp3) is 0.214. The van der Waals surface area contributed by atoms with Crippen molar-refractivity contribution in [2.45, 2.75) is 19.0 Å². The van der Waals surface area contributed by atoms with Gasteiger partial charge < -0.3 is 10.2 Å². The molecule has 1 aliphatic heterocycles. The topological polar surface area (TPSA) is 59.5 Å². The fourth-order valence-electron chi connectivity index (χ4n) is 2.32. The molecule has 19 heavy (non-hydrogen) atoms. The Bertz CT molecular complexity index is 621. The Morgan fingerprint density at radius 2 is 1.89 bits per heavy atom. The summed E-state index contributed by atoms with van der Waals surface area (Å²) >= 11 is 3.38. The van der Waals surface area contributed by atoms with E-state index in [1.54, 1.807) is 4.90 Å². The molecule has 2 aromatic rings. The number of amides is 1. The van der Waals surface area contributed by atoms with Crippen LogP contribution in [0.2, 0.25) is 0 Å². The second-order valence-electron chi connectivity index (χ2n) is 4.60. The van der Waals surface area contributed by atoms with Gasteiger partial charge in [-0.05, 0) is 43.3 Å². The lowest BCUT2D eigenvalue weighted by molar-refractivity contribution is -0.126. The summed E-state index contributed by atoms with van der Waals surface area (Å²) in [5.74, 6) is 1.46. The Balaban J connectivity index is 1.95. The quantitative estimate of drug-likeness (QED) is 0.865. The summed E-state index contributed by atoms with van der Waals surface area (Å²) in [5.41, 5.74) is 6.73. The first-order chi connectivity index (χ1) is 9.08. The highest BCUT2D eigenvalue weighted by Crippen LogP contribution is 2.38. The second-order valence-corrected chi connectivity index (χ2v) is 5.52. The van der Waals surface area contributed by atoms with Crippen LogP contribution in [0.3, 0.4) is 0 Å². The number of anilines is 1. The summed E-state index contributed by atoms with van der Waals surface area (Å²) in [5, 5.41) is 0. The number of aryl methyl sites for hydroxylation is 1. The third-order valence-corrected chi connectivity index (χ3v) is 3.83. The molecule has 2 heterocycles. The normalized spacial score (nSPS) is 22.5. The molecule has 0 radical (unpaired) electrons. The number of nitrogens with two attached hydrogens (primary N) is 1. The van der Waals surface area contributed by atoms with E-state index in [-0.39, 0.29) is 11.9 Å². The molecule has 4 nitrogen and oxygen atoms in total. The van der Waals surface area contributed by atoms with E-state index in [1.165, 1.54) is 0 Å². The molecule has 0 bridgehead atoms. The van der Waals surface area contributed by atoms with Gasteiger partial charge in [-0.2, -0.15) is 0 Å². The minimum absolute atomic E-state index is 0.0821. The Morgan fingerprint density at radius 3 is 2.47 bits per heavy atom. The summed E-state index contributed by atoms with van der Waals surface area (Å²) < 4.78 is 6.57. The first-order valence-corrected chi connectivity index (χ1v) is 6.78. The van der Waals surface area contributed by atoms with Crippen LogP contribution in [-0.2, 0) is 4.79 Å². The second kappa shape index (κ2) is 4.51. The molecule has 1 fully saturated rings. The number of furan rings is 1. The number of benzene rings is 1. The van der Waals surface area contributed by atoms with Gasteiger partial charge in [0.1, 0.15) is 23.6 Å². The molecular weight excluding hydrogens is 308 g/mol. The average Bonchev–Trinajstić information content (AvgIpc) is 2.82. The highest BCUT2D eigenvalue weighted by atomic mass is 79.9. The standard InChI is InChI=1S/C14H13BrN2O2/c1-8-2-7-11(19-8)13-12(16)14(18)17(13)10-5-3-9(15)4-6-10/h2-7,12-13H,16H2,1H3/t12-,13-/m1/s1. The smallest absolute Gasteiger partial charge is 0.247 e. The first-order valence-electron chi connectivity index (χ1n) is 5.98.